The molecule has 0 aromatic heterocycles. The van der Waals surface area contributed by atoms with Gasteiger partial charge in [-0.1, -0.05) is 41.9 Å². The number of nitriles is 1. The van der Waals surface area contributed by atoms with Gasteiger partial charge in [0, 0.05) is 10.7 Å². The minimum absolute atomic E-state index is 0.0720. The van der Waals surface area contributed by atoms with Crippen molar-refractivity contribution in [3.8, 4) is 11.8 Å². The van der Waals surface area contributed by atoms with E-state index in [0.717, 1.165) is 5.33 Å². The Kier molecular flexibility index (Phi) is 4.16. The molecule has 0 amide bonds. The summed E-state index contributed by atoms with van der Waals surface area (Å²) in [6, 6.07) is 9.40. The second-order valence-electron chi connectivity index (χ2n) is 4.19. The van der Waals surface area contributed by atoms with Crippen molar-refractivity contribution in [1.29, 1.82) is 5.26 Å². The Labute approximate surface area is 99.0 Å². The lowest BCUT2D eigenvalue weighted by atomic mass is 9.98. The van der Waals surface area contributed by atoms with Crippen molar-refractivity contribution >= 4 is 15.9 Å². The van der Waals surface area contributed by atoms with Gasteiger partial charge in [-0.15, -0.1) is 0 Å². The maximum absolute atomic E-state index is 8.87. The molecule has 0 unspecified atom stereocenters. The van der Waals surface area contributed by atoms with E-state index in [1.165, 1.54) is 0 Å². The van der Waals surface area contributed by atoms with Crippen LogP contribution in [0.5, 0.6) is 5.75 Å². The summed E-state index contributed by atoms with van der Waals surface area (Å²) in [4.78, 5) is 0. The van der Waals surface area contributed by atoms with Crippen molar-refractivity contribution in [1.82, 2.24) is 0 Å². The van der Waals surface area contributed by atoms with Crippen LogP contribution in [-0.2, 0) is 0 Å². The number of benzene rings is 1. The molecule has 80 valence electrons. The lowest BCUT2D eigenvalue weighted by Gasteiger charge is -2.22. The highest BCUT2D eigenvalue weighted by molar-refractivity contribution is 9.09. The lowest BCUT2D eigenvalue weighted by Crippen LogP contribution is -2.23. The van der Waals surface area contributed by atoms with Crippen molar-refractivity contribution in [2.75, 3.05) is 11.9 Å². The molecular weight excluding hydrogens is 254 g/mol. The minimum Gasteiger partial charge on any atom is -0.492 e. The molecule has 1 aromatic rings. The molecule has 0 heterocycles. The maximum Gasteiger partial charge on any atom is 0.137 e. The van der Waals surface area contributed by atoms with Gasteiger partial charge in [-0.3, -0.25) is 0 Å². The highest BCUT2D eigenvalue weighted by atomic mass is 79.9. The van der Waals surface area contributed by atoms with E-state index in [4.69, 9.17) is 10.00 Å². The predicted molar refractivity (Wildman–Crippen MR) is 64.2 cm³/mol. The summed E-state index contributed by atoms with van der Waals surface area (Å²) in [5, 5.41) is 9.74. The largest absolute Gasteiger partial charge is 0.492 e. The number of ether oxygens (including phenoxy) is 1. The van der Waals surface area contributed by atoms with Gasteiger partial charge in [0.25, 0.3) is 0 Å². The molecule has 0 aliphatic rings. The molecule has 2 nitrogen and oxygen atoms in total. The Hall–Kier alpha value is -1.01. The number of hydrogen-bond acceptors (Lipinski definition) is 2. The minimum atomic E-state index is 0.0720. The number of halogens is 1. The molecular formula is C12H14BrNO. The fourth-order valence-corrected chi connectivity index (χ4v) is 1.16. The monoisotopic (exact) mass is 267 g/mol. The van der Waals surface area contributed by atoms with Crippen LogP contribution >= 0.6 is 15.9 Å². The summed E-state index contributed by atoms with van der Waals surface area (Å²) in [7, 11) is 0. The van der Waals surface area contributed by atoms with E-state index in [1.54, 1.807) is 6.07 Å². The van der Waals surface area contributed by atoms with Crippen molar-refractivity contribution < 1.29 is 4.74 Å². The van der Waals surface area contributed by atoms with Crippen LogP contribution < -0.4 is 4.74 Å². The molecule has 15 heavy (non-hydrogen) atoms. The van der Waals surface area contributed by atoms with E-state index in [1.807, 2.05) is 18.2 Å². The third-order valence-electron chi connectivity index (χ3n) is 1.99. The molecule has 0 bridgehead atoms. The van der Waals surface area contributed by atoms with E-state index in [2.05, 4.69) is 35.8 Å². The van der Waals surface area contributed by atoms with Gasteiger partial charge < -0.3 is 4.74 Å². The van der Waals surface area contributed by atoms with Crippen LogP contribution in [0.15, 0.2) is 24.3 Å². The van der Waals surface area contributed by atoms with Gasteiger partial charge >= 0.3 is 0 Å². The Morgan fingerprint density at radius 1 is 1.40 bits per heavy atom. The molecule has 0 fully saturated rings. The Morgan fingerprint density at radius 2 is 2.07 bits per heavy atom. The first-order valence-electron chi connectivity index (χ1n) is 4.77. The number of rotatable bonds is 4. The SMILES string of the molecule is CC(C)(CBr)COc1ccccc1C#N. The van der Waals surface area contributed by atoms with Gasteiger partial charge in [-0.2, -0.15) is 5.26 Å². The van der Waals surface area contributed by atoms with E-state index in [9.17, 15) is 0 Å². The summed E-state index contributed by atoms with van der Waals surface area (Å²) < 4.78 is 5.63. The standard InChI is InChI=1S/C12H14BrNO/c1-12(2,8-13)9-15-11-6-4-3-5-10(11)7-14/h3-6H,8-9H2,1-2H3. The van der Waals surface area contributed by atoms with Crippen LogP contribution in [0.2, 0.25) is 0 Å². The highest BCUT2D eigenvalue weighted by Gasteiger charge is 2.17. The zero-order chi connectivity index (χ0) is 11.3. The van der Waals surface area contributed by atoms with Crippen LogP contribution in [0.1, 0.15) is 19.4 Å². The lowest BCUT2D eigenvalue weighted by molar-refractivity contribution is 0.202. The van der Waals surface area contributed by atoms with Gasteiger partial charge in [0.05, 0.1) is 12.2 Å². The smallest absolute Gasteiger partial charge is 0.137 e. The molecule has 0 atom stereocenters. The van der Waals surface area contributed by atoms with E-state index < -0.39 is 0 Å². The number of para-hydroxylation sites is 1. The molecule has 0 radical (unpaired) electrons. The fraction of sp³-hybridized carbons (Fsp3) is 0.417. The fourth-order valence-electron chi connectivity index (χ4n) is 0.997. The first-order chi connectivity index (χ1) is 7.09. The first-order valence-corrected chi connectivity index (χ1v) is 5.89. The summed E-state index contributed by atoms with van der Waals surface area (Å²) in [6.07, 6.45) is 0. The van der Waals surface area contributed by atoms with Crippen molar-refractivity contribution in [2.24, 2.45) is 5.41 Å². The molecule has 0 aliphatic carbocycles. The third kappa shape index (κ3) is 3.56. The van der Waals surface area contributed by atoms with Crippen molar-refractivity contribution in [2.45, 2.75) is 13.8 Å². The van der Waals surface area contributed by atoms with Gasteiger partial charge in [-0.25, -0.2) is 0 Å². The quantitative estimate of drug-likeness (QED) is 0.784. The molecule has 1 rings (SSSR count). The summed E-state index contributed by atoms with van der Waals surface area (Å²) in [6.45, 7) is 4.81. The molecule has 0 aliphatic heterocycles. The summed E-state index contributed by atoms with van der Waals surface area (Å²) in [5.41, 5.74) is 0.658. The van der Waals surface area contributed by atoms with Crippen molar-refractivity contribution in [3.63, 3.8) is 0 Å². The van der Waals surface area contributed by atoms with E-state index in [-0.39, 0.29) is 5.41 Å². The van der Waals surface area contributed by atoms with Crippen molar-refractivity contribution in [3.05, 3.63) is 29.8 Å². The maximum atomic E-state index is 8.87. The van der Waals surface area contributed by atoms with Crippen LogP contribution in [0.25, 0.3) is 0 Å². The van der Waals surface area contributed by atoms with Gasteiger partial charge in [0.15, 0.2) is 0 Å². The van der Waals surface area contributed by atoms with E-state index >= 15 is 0 Å². The highest BCUT2D eigenvalue weighted by Crippen LogP contribution is 2.22. The van der Waals surface area contributed by atoms with E-state index in [0.29, 0.717) is 17.9 Å². The van der Waals surface area contributed by atoms with Gasteiger partial charge in [-0.05, 0) is 12.1 Å². The van der Waals surface area contributed by atoms with Crippen LogP contribution in [-0.4, -0.2) is 11.9 Å². The second kappa shape index (κ2) is 5.18. The molecule has 3 heteroatoms. The average molecular weight is 268 g/mol. The molecule has 0 N–H and O–H groups in total. The third-order valence-corrected chi connectivity index (χ3v) is 3.51. The topological polar surface area (TPSA) is 33.0 Å². The first kappa shape index (κ1) is 12.1. The summed E-state index contributed by atoms with van der Waals surface area (Å²) in [5.74, 6) is 0.661. The molecule has 0 saturated carbocycles. The average Bonchev–Trinajstić information content (AvgIpc) is 2.27. The van der Waals surface area contributed by atoms with Crippen LogP contribution in [0, 0.1) is 16.7 Å². The van der Waals surface area contributed by atoms with Gasteiger partial charge in [0.1, 0.15) is 11.8 Å². The van der Waals surface area contributed by atoms with Gasteiger partial charge in [0.2, 0.25) is 0 Å². The number of alkyl halides is 1. The van der Waals surface area contributed by atoms with Crippen LogP contribution in [0.4, 0.5) is 0 Å². The number of nitrogens with zero attached hydrogens (tertiary/aromatic N) is 1. The molecule has 0 spiro atoms. The Balaban J connectivity index is 2.70. The molecule has 0 saturated heterocycles. The zero-order valence-electron chi connectivity index (χ0n) is 8.96. The molecule has 1 aromatic carbocycles. The predicted octanol–water partition coefficient (Wildman–Crippen LogP) is 3.36. The summed E-state index contributed by atoms with van der Waals surface area (Å²) >= 11 is 3.44. The Bertz CT molecular complexity index is 368. The number of hydrogen-bond donors (Lipinski definition) is 0. The van der Waals surface area contributed by atoms with Crippen LogP contribution in [0.3, 0.4) is 0 Å². The Morgan fingerprint density at radius 3 is 2.67 bits per heavy atom. The second-order valence-corrected chi connectivity index (χ2v) is 4.76. The normalized spacial score (nSPS) is 10.8. The zero-order valence-corrected chi connectivity index (χ0v) is 10.5.